The number of hydrogen-bond donors (Lipinski definition) is 1. The van der Waals surface area contributed by atoms with Crippen LogP contribution >= 0.6 is 0 Å². The summed E-state index contributed by atoms with van der Waals surface area (Å²) in [6.07, 6.45) is 1.05. The summed E-state index contributed by atoms with van der Waals surface area (Å²) < 4.78 is 1.96. The predicted octanol–water partition coefficient (Wildman–Crippen LogP) is 1.78. The van der Waals surface area contributed by atoms with E-state index in [1.54, 1.807) is 0 Å². The average molecular weight is 225 g/mol. The fraction of sp³-hybridized carbons (Fsp3) is 0.909. The Morgan fingerprint density at radius 2 is 1.94 bits per heavy atom. The number of hydrogen-bond acceptors (Lipinski definition) is 4. The van der Waals surface area contributed by atoms with E-state index in [4.69, 9.17) is 0 Å². The molecule has 0 amide bonds. The van der Waals surface area contributed by atoms with Gasteiger partial charge in [-0.15, -0.1) is 5.10 Å². The van der Waals surface area contributed by atoms with Gasteiger partial charge in [-0.25, -0.2) is 4.68 Å². The molecule has 0 fully saturated rings. The fourth-order valence-corrected chi connectivity index (χ4v) is 1.81. The van der Waals surface area contributed by atoms with Gasteiger partial charge in [0.2, 0.25) is 0 Å². The van der Waals surface area contributed by atoms with Crippen LogP contribution < -0.4 is 5.32 Å². The number of rotatable bonds is 6. The molecule has 1 N–H and O–H groups in total. The Hall–Kier alpha value is -0.970. The highest BCUT2D eigenvalue weighted by Gasteiger charge is 2.18. The SMILES string of the molecule is CCC(C(C)C)n1nnnc1CNC(C)C. The normalized spacial score (nSPS) is 13.7. The Morgan fingerprint density at radius 1 is 1.25 bits per heavy atom. The zero-order valence-corrected chi connectivity index (χ0v) is 10.9. The smallest absolute Gasteiger partial charge is 0.165 e. The zero-order valence-electron chi connectivity index (χ0n) is 10.9. The molecular weight excluding hydrogens is 202 g/mol. The molecule has 1 unspecified atom stereocenters. The van der Waals surface area contributed by atoms with Crippen LogP contribution in [0.15, 0.2) is 0 Å². The molecule has 1 heterocycles. The van der Waals surface area contributed by atoms with Crippen molar-refractivity contribution in [3.63, 3.8) is 0 Å². The van der Waals surface area contributed by atoms with Crippen LogP contribution in [0.1, 0.15) is 52.9 Å². The molecule has 0 aliphatic heterocycles. The van der Waals surface area contributed by atoms with Crippen LogP contribution in [0.25, 0.3) is 0 Å². The quantitative estimate of drug-likeness (QED) is 0.801. The van der Waals surface area contributed by atoms with Crippen molar-refractivity contribution in [2.24, 2.45) is 5.92 Å². The molecule has 1 atom stereocenters. The van der Waals surface area contributed by atoms with Crippen molar-refractivity contribution in [3.05, 3.63) is 5.82 Å². The molecule has 5 nitrogen and oxygen atoms in total. The van der Waals surface area contributed by atoms with Crippen LogP contribution in [-0.2, 0) is 6.54 Å². The first-order chi connectivity index (χ1) is 7.56. The molecule has 0 saturated carbocycles. The summed E-state index contributed by atoms with van der Waals surface area (Å²) >= 11 is 0. The van der Waals surface area contributed by atoms with Gasteiger partial charge in [-0.2, -0.15) is 0 Å². The summed E-state index contributed by atoms with van der Waals surface area (Å²) in [7, 11) is 0. The summed E-state index contributed by atoms with van der Waals surface area (Å²) in [6.45, 7) is 11.5. The monoisotopic (exact) mass is 225 g/mol. The van der Waals surface area contributed by atoms with Crippen molar-refractivity contribution in [2.75, 3.05) is 0 Å². The molecule has 1 rings (SSSR count). The third-order valence-corrected chi connectivity index (χ3v) is 2.73. The van der Waals surface area contributed by atoms with Crippen molar-refractivity contribution < 1.29 is 0 Å². The van der Waals surface area contributed by atoms with E-state index in [2.05, 4.69) is 55.5 Å². The van der Waals surface area contributed by atoms with Gasteiger partial charge >= 0.3 is 0 Å². The van der Waals surface area contributed by atoms with Crippen LogP contribution in [0.2, 0.25) is 0 Å². The lowest BCUT2D eigenvalue weighted by atomic mass is 10.0. The molecule has 0 aliphatic carbocycles. The third-order valence-electron chi connectivity index (χ3n) is 2.73. The Bertz CT molecular complexity index is 305. The van der Waals surface area contributed by atoms with Crippen LogP contribution in [0, 0.1) is 5.92 Å². The van der Waals surface area contributed by atoms with Gasteiger partial charge in [0.25, 0.3) is 0 Å². The van der Waals surface area contributed by atoms with Gasteiger partial charge in [-0.05, 0) is 22.8 Å². The Labute approximate surface area is 97.6 Å². The van der Waals surface area contributed by atoms with Crippen molar-refractivity contribution in [1.29, 1.82) is 0 Å². The van der Waals surface area contributed by atoms with Crippen molar-refractivity contribution >= 4 is 0 Å². The lowest BCUT2D eigenvalue weighted by molar-refractivity contribution is 0.318. The highest BCUT2D eigenvalue weighted by Crippen LogP contribution is 2.20. The lowest BCUT2D eigenvalue weighted by Gasteiger charge is -2.20. The van der Waals surface area contributed by atoms with Crippen molar-refractivity contribution in [2.45, 2.75) is 59.7 Å². The Kier molecular flexibility index (Phi) is 4.86. The molecule has 0 bridgehead atoms. The van der Waals surface area contributed by atoms with E-state index < -0.39 is 0 Å². The first kappa shape index (κ1) is 13.1. The topological polar surface area (TPSA) is 55.6 Å². The van der Waals surface area contributed by atoms with E-state index in [0.29, 0.717) is 18.0 Å². The molecule has 1 aromatic rings. The maximum Gasteiger partial charge on any atom is 0.165 e. The number of aromatic nitrogens is 4. The van der Waals surface area contributed by atoms with E-state index in [9.17, 15) is 0 Å². The molecule has 1 aromatic heterocycles. The highest BCUT2D eigenvalue weighted by molar-refractivity contribution is 4.85. The molecule has 5 heteroatoms. The molecular formula is C11H23N5. The molecule has 0 radical (unpaired) electrons. The second kappa shape index (κ2) is 5.94. The predicted molar refractivity (Wildman–Crippen MR) is 64.0 cm³/mol. The first-order valence-electron chi connectivity index (χ1n) is 6.06. The summed E-state index contributed by atoms with van der Waals surface area (Å²) in [5.41, 5.74) is 0. The molecule has 0 aliphatic rings. The van der Waals surface area contributed by atoms with Crippen LogP contribution in [0.4, 0.5) is 0 Å². The van der Waals surface area contributed by atoms with Crippen LogP contribution in [-0.4, -0.2) is 26.2 Å². The molecule has 16 heavy (non-hydrogen) atoms. The second-order valence-electron chi connectivity index (χ2n) is 4.79. The standard InChI is InChI=1S/C11H23N5/c1-6-10(8(2)3)16-11(13-14-15-16)7-12-9(4)5/h8-10,12H,6-7H2,1-5H3. The number of tetrazole rings is 1. The van der Waals surface area contributed by atoms with Gasteiger partial charge in [0.15, 0.2) is 5.82 Å². The van der Waals surface area contributed by atoms with Gasteiger partial charge in [-0.3, -0.25) is 0 Å². The maximum atomic E-state index is 4.10. The molecule has 0 spiro atoms. The van der Waals surface area contributed by atoms with Crippen LogP contribution in [0.3, 0.4) is 0 Å². The molecule has 0 saturated heterocycles. The van der Waals surface area contributed by atoms with Gasteiger partial charge in [0.05, 0.1) is 12.6 Å². The van der Waals surface area contributed by atoms with E-state index in [-0.39, 0.29) is 0 Å². The number of nitrogens with zero attached hydrogens (tertiary/aromatic N) is 4. The summed E-state index contributed by atoms with van der Waals surface area (Å²) in [4.78, 5) is 0. The summed E-state index contributed by atoms with van der Waals surface area (Å²) in [5, 5.41) is 15.3. The lowest BCUT2D eigenvalue weighted by Crippen LogP contribution is -2.26. The maximum absolute atomic E-state index is 4.10. The van der Waals surface area contributed by atoms with E-state index in [1.807, 2.05) is 4.68 Å². The fourth-order valence-electron chi connectivity index (χ4n) is 1.81. The van der Waals surface area contributed by atoms with Crippen molar-refractivity contribution in [3.8, 4) is 0 Å². The van der Waals surface area contributed by atoms with E-state index in [0.717, 1.165) is 18.8 Å². The van der Waals surface area contributed by atoms with Gasteiger partial charge in [0.1, 0.15) is 0 Å². The van der Waals surface area contributed by atoms with E-state index >= 15 is 0 Å². The Balaban J connectivity index is 2.76. The van der Waals surface area contributed by atoms with Gasteiger partial charge < -0.3 is 5.32 Å². The third kappa shape index (κ3) is 3.27. The minimum absolute atomic E-state index is 0.388. The first-order valence-corrected chi connectivity index (χ1v) is 6.06. The summed E-state index contributed by atoms with van der Waals surface area (Å²) in [5.74, 6) is 1.47. The second-order valence-corrected chi connectivity index (χ2v) is 4.79. The molecule has 92 valence electrons. The summed E-state index contributed by atoms with van der Waals surface area (Å²) in [6, 6.07) is 0.836. The average Bonchev–Trinajstić information content (AvgIpc) is 2.63. The van der Waals surface area contributed by atoms with Gasteiger partial charge in [0, 0.05) is 6.04 Å². The van der Waals surface area contributed by atoms with Crippen LogP contribution in [0.5, 0.6) is 0 Å². The largest absolute Gasteiger partial charge is 0.308 e. The Morgan fingerprint density at radius 3 is 2.44 bits per heavy atom. The molecule has 0 aromatic carbocycles. The van der Waals surface area contributed by atoms with E-state index in [1.165, 1.54) is 0 Å². The highest BCUT2D eigenvalue weighted by atomic mass is 15.6. The zero-order chi connectivity index (χ0) is 12.1. The van der Waals surface area contributed by atoms with Crippen molar-refractivity contribution in [1.82, 2.24) is 25.5 Å². The minimum atomic E-state index is 0.388. The van der Waals surface area contributed by atoms with Gasteiger partial charge in [-0.1, -0.05) is 34.6 Å². The number of nitrogens with one attached hydrogen (secondary N) is 1. The minimum Gasteiger partial charge on any atom is -0.308 e.